The molecule has 3 aliphatic rings. The summed E-state index contributed by atoms with van der Waals surface area (Å²) >= 11 is 0. The monoisotopic (exact) mass is 312 g/mol. The molecule has 3 fully saturated rings. The summed E-state index contributed by atoms with van der Waals surface area (Å²) in [6, 6.07) is 9.16. The lowest BCUT2D eigenvalue weighted by molar-refractivity contribution is -0.133. The van der Waals surface area contributed by atoms with Crippen LogP contribution in [0.5, 0.6) is 0 Å². The minimum atomic E-state index is 0.243. The first-order valence-electron chi connectivity index (χ1n) is 9.30. The van der Waals surface area contributed by atoms with Crippen molar-refractivity contribution in [1.29, 1.82) is 0 Å². The number of rotatable bonds is 5. The smallest absolute Gasteiger partial charge is 0.226 e. The van der Waals surface area contributed by atoms with Gasteiger partial charge in [0.1, 0.15) is 0 Å². The highest BCUT2D eigenvalue weighted by Crippen LogP contribution is 2.49. The van der Waals surface area contributed by atoms with Crippen LogP contribution in [0.1, 0.15) is 49.1 Å². The first-order valence-corrected chi connectivity index (χ1v) is 9.30. The molecule has 23 heavy (non-hydrogen) atoms. The van der Waals surface area contributed by atoms with Gasteiger partial charge in [0.2, 0.25) is 5.91 Å². The zero-order valence-electron chi connectivity index (χ0n) is 14.1. The molecule has 3 heteroatoms. The molecule has 2 aliphatic carbocycles. The lowest BCUT2D eigenvalue weighted by Gasteiger charge is -2.33. The van der Waals surface area contributed by atoms with E-state index in [1.165, 1.54) is 30.5 Å². The molecule has 1 N–H and O–H groups in total. The van der Waals surface area contributed by atoms with Gasteiger partial charge in [-0.05, 0) is 68.5 Å². The van der Waals surface area contributed by atoms with Crippen molar-refractivity contribution in [3.05, 3.63) is 35.4 Å². The largest absolute Gasteiger partial charge is 0.342 e. The minimum Gasteiger partial charge on any atom is -0.342 e. The molecule has 0 bridgehead atoms. The molecule has 2 saturated carbocycles. The van der Waals surface area contributed by atoms with Crippen LogP contribution in [0.4, 0.5) is 0 Å². The Morgan fingerprint density at radius 2 is 1.91 bits per heavy atom. The lowest BCUT2D eigenvalue weighted by atomic mass is 10.0. The van der Waals surface area contributed by atoms with Crippen LogP contribution in [0, 0.1) is 18.8 Å². The van der Waals surface area contributed by atoms with Crippen LogP contribution >= 0.6 is 0 Å². The molecular weight excluding hydrogens is 284 g/mol. The molecule has 1 aromatic carbocycles. The average molecular weight is 312 g/mol. The first-order chi connectivity index (χ1) is 11.2. The summed E-state index contributed by atoms with van der Waals surface area (Å²) in [5, 5.41) is 3.69. The first kappa shape index (κ1) is 15.2. The van der Waals surface area contributed by atoms with E-state index in [-0.39, 0.29) is 5.92 Å². The summed E-state index contributed by atoms with van der Waals surface area (Å²) in [6.07, 6.45) is 6.11. The number of nitrogens with one attached hydrogen (secondary N) is 1. The van der Waals surface area contributed by atoms with E-state index in [1.807, 2.05) is 0 Å². The van der Waals surface area contributed by atoms with Gasteiger partial charge in [0.15, 0.2) is 0 Å². The van der Waals surface area contributed by atoms with Crippen molar-refractivity contribution in [2.24, 2.45) is 11.8 Å². The van der Waals surface area contributed by atoms with Gasteiger partial charge in [-0.1, -0.05) is 24.3 Å². The number of nitrogens with zero attached hydrogens (tertiary/aromatic N) is 1. The Bertz CT molecular complexity index is 573. The lowest BCUT2D eigenvalue weighted by Crippen LogP contribution is -2.46. The Morgan fingerprint density at radius 3 is 2.61 bits per heavy atom. The molecule has 1 aliphatic heterocycles. The van der Waals surface area contributed by atoms with Crippen molar-refractivity contribution in [2.75, 3.05) is 19.6 Å². The van der Waals surface area contributed by atoms with E-state index in [4.69, 9.17) is 0 Å². The Hall–Kier alpha value is -1.35. The number of piperidine rings is 1. The number of hydrogen-bond acceptors (Lipinski definition) is 2. The summed E-state index contributed by atoms with van der Waals surface area (Å²) in [5.41, 5.74) is 2.71. The van der Waals surface area contributed by atoms with E-state index in [1.54, 1.807) is 0 Å². The molecular formula is C20H28N2O. The molecule has 4 rings (SSSR count). The number of carbonyl (C=O) groups is 1. The maximum Gasteiger partial charge on any atom is 0.226 e. The van der Waals surface area contributed by atoms with Crippen molar-refractivity contribution >= 4 is 5.91 Å². The fraction of sp³-hybridized carbons (Fsp3) is 0.650. The highest BCUT2D eigenvalue weighted by Gasteiger charge is 2.46. The SMILES string of the molecule is Cc1ccccc1C1CC1C(=O)N1CCC(NCC2CC2)CC1. The van der Waals surface area contributed by atoms with Crippen molar-refractivity contribution in [1.82, 2.24) is 10.2 Å². The quantitative estimate of drug-likeness (QED) is 0.906. The van der Waals surface area contributed by atoms with E-state index in [9.17, 15) is 4.79 Å². The van der Waals surface area contributed by atoms with Gasteiger partial charge in [-0.25, -0.2) is 0 Å². The molecule has 1 saturated heterocycles. The summed E-state index contributed by atoms with van der Waals surface area (Å²) in [7, 11) is 0. The summed E-state index contributed by atoms with van der Waals surface area (Å²) < 4.78 is 0. The summed E-state index contributed by atoms with van der Waals surface area (Å²) in [6.45, 7) is 5.24. The van der Waals surface area contributed by atoms with Crippen LogP contribution in [0.15, 0.2) is 24.3 Å². The molecule has 0 radical (unpaired) electrons. The van der Waals surface area contributed by atoms with Crippen LogP contribution < -0.4 is 5.32 Å². The van der Waals surface area contributed by atoms with Crippen molar-refractivity contribution in [3.63, 3.8) is 0 Å². The third-order valence-electron chi connectivity index (χ3n) is 5.89. The molecule has 124 valence electrons. The predicted octanol–water partition coefficient (Wildman–Crippen LogP) is 3.09. The topological polar surface area (TPSA) is 32.3 Å². The second-order valence-corrected chi connectivity index (χ2v) is 7.76. The molecule has 0 spiro atoms. The van der Waals surface area contributed by atoms with Gasteiger partial charge in [-0.15, -0.1) is 0 Å². The van der Waals surface area contributed by atoms with Gasteiger partial charge in [0.25, 0.3) is 0 Å². The number of likely N-dealkylation sites (tertiary alicyclic amines) is 1. The maximum atomic E-state index is 12.7. The number of benzene rings is 1. The number of hydrogen-bond donors (Lipinski definition) is 1. The molecule has 2 atom stereocenters. The normalized spacial score (nSPS) is 28.0. The zero-order valence-corrected chi connectivity index (χ0v) is 14.1. The van der Waals surface area contributed by atoms with Gasteiger partial charge in [0, 0.05) is 25.0 Å². The Kier molecular flexibility index (Phi) is 4.14. The average Bonchev–Trinajstić information content (AvgIpc) is 3.47. The van der Waals surface area contributed by atoms with Crippen LogP contribution in [0.3, 0.4) is 0 Å². The van der Waals surface area contributed by atoms with E-state index in [0.29, 0.717) is 17.9 Å². The number of aryl methyl sites for hydroxylation is 1. The second kappa shape index (κ2) is 6.27. The van der Waals surface area contributed by atoms with Crippen LogP contribution in [-0.4, -0.2) is 36.5 Å². The molecule has 2 unspecified atom stereocenters. The second-order valence-electron chi connectivity index (χ2n) is 7.76. The van der Waals surface area contributed by atoms with Crippen LogP contribution in [0.25, 0.3) is 0 Å². The molecule has 3 nitrogen and oxygen atoms in total. The predicted molar refractivity (Wildman–Crippen MR) is 92.4 cm³/mol. The molecule has 0 aromatic heterocycles. The van der Waals surface area contributed by atoms with Gasteiger partial charge in [-0.3, -0.25) is 4.79 Å². The van der Waals surface area contributed by atoms with E-state index in [2.05, 4.69) is 41.4 Å². The standard InChI is InChI=1S/C20H28N2O/c1-14-4-2-3-5-17(14)18-12-19(18)20(23)22-10-8-16(9-11-22)21-13-15-6-7-15/h2-5,15-16,18-19,21H,6-13H2,1H3. The van der Waals surface area contributed by atoms with Gasteiger partial charge in [-0.2, -0.15) is 0 Å². The Labute approximate surface area is 139 Å². The highest BCUT2D eigenvalue weighted by molar-refractivity contribution is 5.83. The van der Waals surface area contributed by atoms with Crippen LogP contribution in [0.2, 0.25) is 0 Å². The summed E-state index contributed by atoms with van der Waals surface area (Å²) in [5.74, 6) is 2.05. The Balaban J connectivity index is 1.27. The van der Waals surface area contributed by atoms with Gasteiger partial charge >= 0.3 is 0 Å². The highest BCUT2D eigenvalue weighted by atomic mass is 16.2. The van der Waals surface area contributed by atoms with E-state index in [0.717, 1.165) is 38.3 Å². The molecule has 1 aromatic rings. The maximum absolute atomic E-state index is 12.7. The van der Waals surface area contributed by atoms with Gasteiger partial charge in [0.05, 0.1) is 0 Å². The Morgan fingerprint density at radius 1 is 1.17 bits per heavy atom. The summed E-state index contributed by atoms with van der Waals surface area (Å²) in [4.78, 5) is 14.9. The van der Waals surface area contributed by atoms with Crippen molar-refractivity contribution in [2.45, 2.75) is 51.0 Å². The zero-order chi connectivity index (χ0) is 15.8. The minimum absolute atomic E-state index is 0.243. The third-order valence-corrected chi connectivity index (χ3v) is 5.89. The fourth-order valence-corrected chi connectivity index (χ4v) is 4.01. The van der Waals surface area contributed by atoms with Crippen molar-refractivity contribution < 1.29 is 4.79 Å². The van der Waals surface area contributed by atoms with E-state index < -0.39 is 0 Å². The molecule has 1 heterocycles. The van der Waals surface area contributed by atoms with Gasteiger partial charge < -0.3 is 10.2 Å². The number of amides is 1. The van der Waals surface area contributed by atoms with Crippen molar-refractivity contribution in [3.8, 4) is 0 Å². The molecule has 1 amide bonds. The van der Waals surface area contributed by atoms with Crippen LogP contribution in [-0.2, 0) is 4.79 Å². The number of carbonyl (C=O) groups excluding carboxylic acids is 1. The fourth-order valence-electron chi connectivity index (χ4n) is 4.01. The third kappa shape index (κ3) is 3.45. The van der Waals surface area contributed by atoms with E-state index >= 15 is 0 Å².